The molecule has 0 bridgehead atoms. The van der Waals surface area contributed by atoms with Crippen LogP contribution in [0.1, 0.15) is 213 Å². The minimum absolute atomic E-state index is 0.108. The Kier molecular flexibility index (Phi) is 46.0. The van der Waals surface area contributed by atoms with E-state index in [1.165, 1.54) is 64.2 Å². The minimum Gasteiger partial charge on any atom is -0.462 e. The second kappa shape index (κ2) is 49.0. The zero-order valence-corrected chi connectivity index (χ0v) is 39.4. The first-order valence-electron chi connectivity index (χ1n) is 24.7. The third-order valence-corrected chi connectivity index (χ3v) is 10.1. The molecule has 0 aliphatic carbocycles. The molecule has 1 atom stereocenters. The van der Waals surface area contributed by atoms with Crippen LogP contribution in [0.25, 0.3) is 0 Å². The van der Waals surface area contributed by atoms with Gasteiger partial charge in [0.15, 0.2) is 6.10 Å². The Hall–Kier alpha value is -3.67. The smallest absolute Gasteiger partial charge is 0.306 e. The summed E-state index contributed by atoms with van der Waals surface area (Å²) in [4.78, 5) is 37.8. The molecule has 0 saturated heterocycles. The van der Waals surface area contributed by atoms with E-state index < -0.39 is 6.10 Å². The third-order valence-electron chi connectivity index (χ3n) is 10.1. The molecule has 346 valence electrons. The molecule has 1 unspecified atom stereocenters. The molecule has 0 aliphatic heterocycles. The maximum atomic E-state index is 12.8. The number of unbranched alkanes of at least 4 members (excludes halogenated alkanes) is 16. The van der Waals surface area contributed by atoms with Gasteiger partial charge in [-0.3, -0.25) is 14.4 Å². The topological polar surface area (TPSA) is 78.9 Å². The van der Waals surface area contributed by atoms with Gasteiger partial charge >= 0.3 is 17.9 Å². The standard InChI is InChI=1S/C55H90O6/c1-4-7-10-13-16-19-21-23-25-26-27-28-30-31-33-36-39-42-45-48-54(57)60-51-52(50-59-53(56)47-44-41-38-35-18-15-12-9-6-3)61-55(58)49-46-43-40-37-34-32-29-24-22-20-17-14-11-8-5-2/h7,9-10,12,16,18-20,22-23,25,27-28,31,33,35,52H,4-6,8,11,13-15,17,21,24,26,29-30,32,34,36-51H2,1-3H3/b10-7-,12-9-,19-16-,22-20-,25-23-,28-27-,33-31-,35-18-. The van der Waals surface area contributed by atoms with Crippen LogP contribution in [0.3, 0.4) is 0 Å². The fraction of sp³-hybridized carbons (Fsp3) is 0.655. The number of allylic oxidation sites excluding steroid dienone is 16. The Bertz CT molecular complexity index is 1250. The fourth-order valence-electron chi connectivity index (χ4n) is 6.38. The summed E-state index contributed by atoms with van der Waals surface area (Å²) < 4.78 is 16.7. The van der Waals surface area contributed by atoms with Gasteiger partial charge in [-0.25, -0.2) is 0 Å². The first-order chi connectivity index (χ1) is 30.0. The largest absolute Gasteiger partial charge is 0.462 e. The van der Waals surface area contributed by atoms with Crippen molar-refractivity contribution in [2.24, 2.45) is 0 Å². The van der Waals surface area contributed by atoms with Crippen LogP contribution in [-0.4, -0.2) is 37.2 Å². The monoisotopic (exact) mass is 847 g/mol. The van der Waals surface area contributed by atoms with Crippen molar-refractivity contribution in [1.82, 2.24) is 0 Å². The van der Waals surface area contributed by atoms with Gasteiger partial charge in [-0.1, -0.05) is 176 Å². The Labute approximate surface area is 375 Å². The van der Waals surface area contributed by atoms with Crippen molar-refractivity contribution in [1.29, 1.82) is 0 Å². The zero-order valence-electron chi connectivity index (χ0n) is 39.4. The Morgan fingerprint density at radius 3 is 1.07 bits per heavy atom. The molecule has 6 heteroatoms. The van der Waals surface area contributed by atoms with E-state index in [2.05, 4.69) is 118 Å². The summed E-state index contributed by atoms with van der Waals surface area (Å²) in [5.41, 5.74) is 0. The molecule has 0 fully saturated rings. The number of carbonyl (C=O) groups is 3. The SMILES string of the molecule is CC/C=C\C/C=C\C/C=C\C/C=C\C/C=C\CCCCCC(=O)OCC(COC(=O)CCCC/C=C\C/C=C\CC)OC(=O)CCCCCCCCC/C=C\CCCCCC. The van der Waals surface area contributed by atoms with E-state index in [4.69, 9.17) is 14.2 Å². The van der Waals surface area contributed by atoms with Crippen molar-refractivity contribution in [3.8, 4) is 0 Å². The Morgan fingerprint density at radius 2 is 0.639 bits per heavy atom. The molecular formula is C55H90O6. The maximum Gasteiger partial charge on any atom is 0.306 e. The summed E-state index contributed by atoms with van der Waals surface area (Å²) in [7, 11) is 0. The van der Waals surface area contributed by atoms with Crippen LogP contribution in [0.4, 0.5) is 0 Å². The Balaban J connectivity index is 4.43. The van der Waals surface area contributed by atoms with Crippen molar-refractivity contribution >= 4 is 17.9 Å². The van der Waals surface area contributed by atoms with Gasteiger partial charge in [0, 0.05) is 19.3 Å². The number of esters is 3. The molecule has 0 N–H and O–H groups in total. The van der Waals surface area contributed by atoms with Crippen molar-refractivity contribution < 1.29 is 28.6 Å². The molecule has 0 aromatic heterocycles. The number of hydrogen-bond donors (Lipinski definition) is 0. The lowest BCUT2D eigenvalue weighted by atomic mass is 10.1. The van der Waals surface area contributed by atoms with Crippen LogP contribution < -0.4 is 0 Å². The lowest BCUT2D eigenvalue weighted by Gasteiger charge is -2.18. The van der Waals surface area contributed by atoms with Crippen LogP contribution in [-0.2, 0) is 28.6 Å². The summed E-state index contributed by atoms with van der Waals surface area (Å²) in [5.74, 6) is -0.985. The van der Waals surface area contributed by atoms with Gasteiger partial charge in [0.25, 0.3) is 0 Å². The van der Waals surface area contributed by atoms with Gasteiger partial charge in [0.2, 0.25) is 0 Å². The molecule has 0 radical (unpaired) electrons. The van der Waals surface area contributed by atoms with E-state index in [1.807, 2.05) is 0 Å². The van der Waals surface area contributed by atoms with E-state index in [0.29, 0.717) is 19.3 Å². The number of hydrogen-bond acceptors (Lipinski definition) is 6. The summed E-state index contributed by atoms with van der Waals surface area (Å²) in [6.07, 6.45) is 64.0. The maximum absolute atomic E-state index is 12.8. The molecular weight excluding hydrogens is 757 g/mol. The molecule has 0 heterocycles. The normalized spacial score (nSPS) is 12.9. The van der Waals surface area contributed by atoms with E-state index >= 15 is 0 Å². The lowest BCUT2D eigenvalue weighted by molar-refractivity contribution is -0.167. The molecule has 0 saturated carbocycles. The van der Waals surface area contributed by atoms with Gasteiger partial charge < -0.3 is 14.2 Å². The molecule has 0 aromatic carbocycles. The van der Waals surface area contributed by atoms with Gasteiger partial charge in [0.05, 0.1) is 0 Å². The van der Waals surface area contributed by atoms with E-state index in [1.54, 1.807) is 0 Å². The molecule has 0 aromatic rings. The summed E-state index contributed by atoms with van der Waals surface area (Å²) >= 11 is 0. The van der Waals surface area contributed by atoms with Crippen LogP contribution in [0, 0.1) is 0 Å². The number of rotatable bonds is 43. The number of ether oxygens (including phenoxy) is 3. The zero-order chi connectivity index (χ0) is 44.4. The van der Waals surface area contributed by atoms with Crippen LogP contribution in [0.2, 0.25) is 0 Å². The summed E-state index contributed by atoms with van der Waals surface area (Å²) in [5, 5.41) is 0. The predicted molar refractivity (Wildman–Crippen MR) is 260 cm³/mol. The average molecular weight is 847 g/mol. The molecule has 0 rings (SSSR count). The predicted octanol–water partition coefficient (Wildman–Crippen LogP) is 16.2. The highest BCUT2D eigenvalue weighted by Gasteiger charge is 2.19. The minimum atomic E-state index is -0.805. The fourth-order valence-corrected chi connectivity index (χ4v) is 6.38. The number of carbonyl (C=O) groups excluding carboxylic acids is 3. The van der Waals surface area contributed by atoms with Crippen LogP contribution >= 0.6 is 0 Å². The quantitative estimate of drug-likeness (QED) is 0.0263. The van der Waals surface area contributed by atoms with Crippen LogP contribution in [0.5, 0.6) is 0 Å². The van der Waals surface area contributed by atoms with Gasteiger partial charge in [-0.2, -0.15) is 0 Å². The summed E-state index contributed by atoms with van der Waals surface area (Å²) in [6.45, 7) is 6.31. The first-order valence-corrected chi connectivity index (χ1v) is 24.7. The van der Waals surface area contributed by atoms with Crippen molar-refractivity contribution in [2.45, 2.75) is 219 Å². The van der Waals surface area contributed by atoms with Gasteiger partial charge in [-0.15, -0.1) is 0 Å². The highest BCUT2D eigenvalue weighted by molar-refractivity contribution is 5.71. The highest BCUT2D eigenvalue weighted by atomic mass is 16.6. The van der Waals surface area contributed by atoms with Crippen LogP contribution in [0.15, 0.2) is 97.2 Å². The molecule has 0 spiro atoms. The molecule has 61 heavy (non-hydrogen) atoms. The second-order valence-electron chi connectivity index (χ2n) is 16.0. The average Bonchev–Trinajstić information content (AvgIpc) is 3.26. The highest BCUT2D eigenvalue weighted by Crippen LogP contribution is 2.13. The lowest BCUT2D eigenvalue weighted by Crippen LogP contribution is -2.30. The van der Waals surface area contributed by atoms with E-state index in [9.17, 15) is 14.4 Å². The first kappa shape index (κ1) is 57.3. The van der Waals surface area contributed by atoms with Crippen molar-refractivity contribution in [2.75, 3.05) is 13.2 Å². The summed E-state index contributed by atoms with van der Waals surface area (Å²) in [6, 6.07) is 0. The second-order valence-corrected chi connectivity index (χ2v) is 16.0. The molecule has 0 amide bonds. The van der Waals surface area contributed by atoms with Gasteiger partial charge in [0.1, 0.15) is 13.2 Å². The van der Waals surface area contributed by atoms with E-state index in [0.717, 1.165) is 109 Å². The van der Waals surface area contributed by atoms with Crippen molar-refractivity contribution in [3.05, 3.63) is 97.2 Å². The third kappa shape index (κ3) is 47.2. The molecule has 0 aliphatic rings. The van der Waals surface area contributed by atoms with Gasteiger partial charge in [-0.05, 0) is 116 Å². The van der Waals surface area contributed by atoms with E-state index in [-0.39, 0.29) is 31.1 Å². The van der Waals surface area contributed by atoms with Crippen molar-refractivity contribution in [3.63, 3.8) is 0 Å². The Morgan fingerprint density at radius 1 is 0.344 bits per heavy atom. The molecule has 6 nitrogen and oxygen atoms in total.